The molecule has 2 atom stereocenters. The SMILES string of the molecule is CNC1C(=O)C(c2ccncc2)CCCC1(C)C. The van der Waals surface area contributed by atoms with E-state index in [0.717, 1.165) is 24.8 Å². The Balaban J connectivity index is 2.31. The molecule has 1 saturated carbocycles. The molecule has 3 nitrogen and oxygen atoms in total. The molecule has 0 radical (unpaired) electrons. The van der Waals surface area contributed by atoms with Crippen molar-refractivity contribution >= 4 is 5.78 Å². The molecule has 0 saturated heterocycles. The molecule has 0 aliphatic heterocycles. The van der Waals surface area contributed by atoms with Crippen LogP contribution in [-0.4, -0.2) is 23.9 Å². The number of aromatic nitrogens is 1. The van der Waals surface area contributed by atoms with Crippen LogP contribution in [0.1, 0.15) is 44.6 Å². The number of Topliss-reactive ketones (excluding diaryl/α,β-unsaturated/α-hetero) is 1. The molecule has 1 fully saturated rings. The average molecular weight is 246 g/mol. The lowest BCUT2D eigenvalue weighted by Gasteiger charge is -2.32. The molecule has 1 heterocycles. The van der Waals surface area contributed by atoms with Crippen LogP contribution in [0, 0.1) is 5.41 Å². The first-order valence-electron chi connectivity index (χ1n) is 6.67. The lowest BCUT2D eigenvalue weighted by Crippen LogP contribution is -2.46. The number of pyridine rings is 1. The van der Waals surface area contributed by atoms with Crippen LogP contribution in [0.3, 0.4) is 0 Å². The predicted octanol–water partition coefficient (Wildman–Crippen LogP) is 2.53. The van der Waals surface area contributed by atoms with E-state index in [4.69, 9.17) is 0 Å². The minimum Gasteiger partial charge on any atom is -0.310 e. The number of hydrogen-bond acceptors (Lipinski definition) is 3. The molecule has 0 aromatic carbocycles. The molecular formula is C15H22N2O. The minimum atomic E-state index is -0.0573. The zero-order valence-corrected chi connectivity index (χ0v) is 11.4. The lowest BCUT2D eigenvalue weighted by atomic mass is 9.78. The maximum Gasteiger partial charge on any atom is 0.157 e. The van der Waals surface area contributed by atoms with Crippen LogP contribution in [0.5, 0.6) is 0 Å². The number of nitrogens with zero attached hydrogens (tertiary/aromatic N) is 1. The van der Waals surface area contributed by atoms with E-state index in [0.29, 0.717) is 5.78 Å². The molecule has 1 aromatic rings. The van der Waals surface area contributed by atoms with Crippen molar-refractivity contribution in [2.24, 2.45) is 5.41 Å². The fourth-order valence-electron chi connectivity index (χ4n) is 3.09. The number of likely N-dealkylation sites (N-methyl/N-ethyl adjacent to an activating group) is 1. The van der Waals surface area contributed by atoms with Gasteiger partial charge in [0.2, 0.25) is 0 Å². The third-order valence-electron chi connectivity index (χ3n) is 4.12. The highest BCUT2D eigenvalue weighted by Gasteiger charge is 2.40. The third kappa shape index (κ3) is 2.46. The van der Waals surface area contributed by atoms with Crippen molar-refractivity contribution < 1.29 is 4.79 Å². The van der Waals surface area contributed by atoms with Crippen molar-refractivity contribution in [3.8, 4) is 0 Å². The zero-order valence-electron chi connectivity index (χ0n) is 11.4. The molecule has 3 heteroatoms. The second-order valence-corrected chi connectivity index (χ2v) is 5.84. The quantitative estimate of drug-likeness (QED) is 0.815. The van der Waals surface area contributed by atoms with E-state index in [1.165, 1.54) is 0 Å². The number of carbonyl (C=O) groups excluding carboxylic acids is 1. The summed E-state index contributed by atoms with van der Waals surface area (Å²) in [4.78, 5) is 16.7. The summed E-state index contributed by atoms with van der Waals surface area (Å²) < 4.78 is 0. The van der Waals surface area contributed by atoms with Crippen LogP contribution >= 0.6 is 0 Å². The summed E-state index contributed by atoms with van der Waals surface area (Å²) >= 11 is 0. The zero-order chi connectivity index (χ0) is 13.2. The van der Waals surface area contributed by atoms with Crippen molar-refractivity contribution in [1.29, 1.82) is 0 Å². The van der Waals surface area contributed by atoms with Gasteiger partial charge in [-0.15, -0.1) is 0 Å². The largest absolute Gasteiger partial charge is 0.310 e. The summed E-state index contributed by atoms with van der Waals surface area (Å²) in [5.41, 5.74) is 1.14. The van der Waals surface area contributed by atoms with Gasteiger partial charge in [-0.05, 0) is 43.0 Å². The topological polar surface area (TPSA) is 42.0 Å². The minimum absolute atomic E-state index is 0.0206. The van der Waals surface area contributed by atoms with Crippen molar-refractivity contribution in [2.75, 3.05) is 7.05 Å². The molecule has 1 aliphatic rings. The third-order valence-corrected chi connectivity index (χ3v) is 4.12. The highest BCUT2D eigenvalue weighted by atomic mass is 16.1. The highest BCUT2D eigenvalue weighted by Crippen LogP contribution is 2.38. The molecule has 0 spiro atoms. The van der Waals surface area contributed by atoms with E-state index >= 15 is 0 Å². The average Bonchev–Trinajstić information content (AvgIpc) is 2.46. The smallest absolute Gasteiger partial charge is 0.157 e. The Hall–Kier alpha value is -1.22. The first kappa shape index (κ1) is 13.2. The summed E-state index contributed by atoms with van der Waals surface area (Å²) in [6.45, 7) is 4.36. The fourth-order valence-corrected chi connectivity index (χ4v) is 3.09. The Morgan fingerprint density at radius 3 is 2.61 bits per heavy atom. The summed E-state index contributed by atoms with van der Waals surface area (Å²) in [7, 11) is 1.89. The van der Waals surface area contributed by atoms with Gasteiger partial charge in [0, 0.05) is 18.3 Å². The molecule has 2 unspecified atom stereocenters. The maximum atomic E-state index is 12.7. The Labute approximate surface area is 109 Å². The molecule has 1 aromatic heterocycles. The van der Waals surface area contributed by atoms with Crippen LogP contribution < -0.4 is 5.32 Å². The van der Waals surface area contributed by atoms with Gasteiger partial charge < -0.3 is 5.32 Å². The second-order valence-electron chi connectivity index (χ2n) is 5.84. The molecule has 0 bridgehead atoms. The van der Waals surface area contributed by atoms with E-state index in [2.05, 4.69) is 24.1 Å². The normalized spacial score (nSPS) is 27.8. The van der Waals surface area contributed by atoms with Crippen molar-refractivity contribution in [3.63, 3.8) is 0 Å². The van der Waals surface area contributed by atoms with E-state index in [1.807, 2.05) is 19.2 Å². The second kappa shape index (κ2) is 5.19. The Morgan fingerprint density at radius 2 is 2.00 bits per heavy atom. The van der Waals surface area contributed by atoms with Crippen LogP contribution in [0.2, 0.25) is 0 Å². The Kier molecular flexibility index (Phi) is 3.81. The standard InChI is InChI=1S/C15H22N2O/c1-15(2)8-4-5-12(13(18)14(15)16-3)11-6-9-17-10-7-11/h6-7,9-10,12,14,16H,4-5,8H2,1-3H3. The molecule has 1 aliphatic carbocycles. The van der Waals surface area contributed by atoms with Gasteiger partial charge in [0.25, 0.3) is 0 Å². The van der Waals surface area contributed by atoms with Crippen LogP contribution in [-0.2, 0) is 4.79 Å². The van der Waals surface area contributed by atoms with Gasteiger partial charge in [-0.2, -0.15) is 0 Å². The summed E-state index contributed by atoms with van der Waals surface area (Å²) in [5.74, 6) is 0.346. The molecule has 1 N–H and O–H groups in total. The number of hydrogen-bond donors (Lipinski definition) is 1. The number of rotatable bonds is 2. The number of nitrogens with one attached hydrogen (secondary N) is 1. The number of ketones is 1. The molecule has 98 valence electrons. The monoisotopic (exact) mass is 246 g/mol. The summed E-state index contributed by atoms with van der Waals surface area (Å²) in [6.07, 6.45) is 6.68. The van der Waals surface area contributed by atoms with Crippen molar-refractivity contribution in [1.82, 2.24) is 10.3 Å². The van der Waals surface area contributed by atoms with Gasteiger partial charge in [0.1, 0.15) is 0 Å². The molecule has 2 rings (SSSR count). The first-order chi connectivity index (χ1) is 8.56. The molecule has 0 amide bonds. The van der Waals surface area contributed by atoms with E-state index < -0.39 is 0 Å². The van der Waals surface area contributed by atoms with Gasteiger partial charge in [-0.3, -0.25) is 9.78 Å². The van der Waals surface area contributed by atoms with Crippen molar-refractivity contribution in [3.05, 3.63) is 30.1 Å². The van der Waals surface area contributed by atoms with Gasteiger partial charge in [-0.1, -0.05) is 20.3 Å². The first-order valence-corrected chi connectivity index (χ1v) is 6.67. The summed E-state index contributed by atoms with van der Waals surface area (Å²) in [6, 6.07) is 3.87. The number of carbonyl (C=O) groups is 1. The fraction of sp³-hybridized carbons (Fsp3) is 0.600. The van der Waals surface area contributed by atoms with Gasteiger partial charge in [0.15, 0.2) is 5.78 Å². The highest BCUT2D eigenvalue weighted by molar-refractivity contribution is 5.91. The van der Waals surface area contributed by atoms with Crippen LogP contribution in [0.4, 0.5) is 0 Å². The Morgan fingerprint density at radius 1 is 1.33 bits per heavy atom. The molecular weight excluding hydrogens is 224 g/mol. The maximum absolute atomic E-state index is 12.7. The van der Waals surface area contributed by atoms with Crippen molar-refractivity contribution in [2.45, 2.75) is 45.1 Å². The molecule has 18 heavy (non-hydrogen) atoms. The van der Waals surface area contributed by atoms with E-state index in [1.54, 1.807) is 12.4 Å². The summed E-state index contributed by atoms with van der Waals surface area (Å²) in [5, 5.41) is 3.22. The van der Waals surface area contributed by atoms with E-state index in [9.17, 15) is 4.79 Å². The lowest BCUT2D eigenvalue weighted by molar-refractivity contribution is -0.124. The van der Waals surface area contributed by atoms with Gasteiger partial charge in [0.05, 0.1) is 6.04 Å². The van der Waals surface area contributed by atoms with Gasteiger partial charge in [-0.25, -0.2) is 0 Å². The van der Waals surface area contributed by atoms with E-state index in [-0.39, 0.29) is 17.4 Å². The van der Waals surface area contributed by atoms with Crippen LogP contribution in [0.15, 0.2) is 24.5 Å². The predicted molar refractivity (Wildman–Crippen MR) is 72.5 cm³/mol. The van der Waals surface area contributed by atoms with Crippen LogP contribution in [0.25, 0.3) is 0 Å². The van der Waals surface area contributed by atoms with Gasteiger partial charge >= 0.3 is 0 Å². The Bertz CT molecular complexity index is 414.